The number of anilines is 1. The van der Waals surface area contributed by atoms with E-state index in [9.17, 15) is 0 Å². The fraction of sp³-hybridized carbons (Fsp3) is 0.368. The second kappa shape index (κ2) is 5.06. The van der Waals surface area contributed by atoms with Gasteiger partial charge in [-0.25, -0.2) is 0 Å². The molecule has 1 aliphatic carbocycles. The maximum absolute atomic E-state index is 6.21. The summed E-state index contributed by atoms with van der Waals surface area (Å²) >= 11 is 6.21. The highest BCUT2D eigenvalue weighted by Gasteiger charge is 2.35. The molecule has 2 heteroatoms. The Hall–Kier alpha value is -1.47. The molecule has 0 N–H and O–H groups in total. The highest BCUT2D eigenvalue weighted by molar-refractivity contribution is 6.30. The molecule has 0 aromatic heterocycles. The van der Waals surface area contributed by atoms with E-state index in [4.69, 9.17) is 11.6 Å². The Labute approximate surface area is 131 Å². The van der Waals surface area contributed by atoms with Gasteiger partial charge in [-0.15, -0.1) is 0 Å². The van der Waals surface area contributed by atoms with Crippen LogP contribution in [0, 0.1) is 6.92 Å². The summed E-state index contributed by atoms with van der Waals surface area (Å²) in [6.45, 7) is 4.42. The van der Waals surface area contributed by atoms with Crippen LogP contribution in [0.25, 0.3) is 0 Å². The third-order valence-electron chi connectivity index (χ3n) is 5.08. The number of hydrogen-bond donors (Lipinski definition) is 0. The minimum absolute atomic E-state index is 0.632. The van der Waals surface area contributed by atoms with Gasteiger partial charge in [0.1, 0.15) is 0 Å². The van der Waals surface area contributed by atoms with E-state index < -0.39 is 0 Å². The van der Waals surface area contributed by atoms with E-state index in [1.165, 1.54) is 29.7 Å². The second-order valence-electron chi connectivity index (χ2n) is 6.47. The van der Waals surface area contributed by atoms with Crippen molar-refractivity contribution in [2.45, 2.75) is 31.6 Å². The molecule has 21 heavy (non-hydrogen) atoms. The summed E-state index contributed by atoms with van der Waals surface area (Å²) in [6.07, 6.45) is 2.54. The number of rotatable bonds is 1. The van der Waals surface area contributed by atoms with Crippen molar-refractivity contribution < 1.29 is 0 Å². The molecular formula is C19H20ClN. The van der Waals surface area contributed by atoms with Gasteiger partial charge in [-0.05, 0) is 61.1 Å². The smallest absolute Gasteiger partial charge is 0.0409 e. The van der Waals surface area contributed by atoms with Crippen molar-refractivity contribution in [1.29, 1.82) is 0 Å². The third-order valence-corrected chi connectivity index (χ3v) is 5.32. The van der Waals surface area contributed by atoms with E-state index in [2.05, 4.69) is 54.3 Å². The molecule has 2 aliphatic rings. The van der Waals surface area contributed by atoms with Crippen LogP contribution >= 0.6 is 11.6 Å². The molecule has 1 aliphatic heterocycles. The minimum atomic E-state index is 0.632. The van der Waals surface area contributed by atoms with Crippen molar-refractivity contribution in [2.75, 3.05) is 18.0 Å². The van der Waals surface area contributed by atoms with Crippen molar-refractivity contribution in [3.63, 3.8) is 0 Å². The molecule has 2 aromatic carbocycles. The van der Waals surface area contributed by atoms with Gasteiger partial charge >= 0.3 is 0 Å². The molecule has 2 unspecified atom stereocenters. The number of fused-ring (bicyclic) bond motifs is 5. The Morgan fingerprint density at radius 3 is 2.62 bits per heavy atom. The fourth-order valence-electron chi connectivity index (χ4n) is 3.97. The maximum atomic E-state index is 6.21. The third kappa shape index (κ3) is 2.34. The first-order valence-corrected chi connectivity index (χ1v) is 8.19. The van der Waals surface area contributed by atoms with Crippen LogP contribution in [0.3, 0.4) is 0 Å². The fourth-order valence-corrected chi connectivity index (χ4v) is 4.15. The van der Waals surface area contributed by atoms with Crippen LogP contribution in [0.1, 0.15) is 41.4 Å². The summed E-state index contributed by atoms with van der Waals surface area (Å²) < 4.78 is 0. The predicted molar refractivity (Wildman–Crippen MR) is 89.6 cm³/mol. The summed E-state index contributed by atoms with van der Waals surface area (Å²) in [5, 5.41) is 0.877. The Morgan fingerprint density at radius 1 is 1.00 bits per heavy atom. The Morgan fingerprint density at radius 2 is 1.81 bits per heavy atom. The summed E-state index contributed by atoms with van der Waals surface area (Å²) in [7, 11) is 0. The standard InChI is InChI=1S/C19H20ClN/c1-13-2-5-17(6-3-13)21-9-8-14-10-15(12-21)19-11-16(20)4-7-18(14)19/h2-7,11,14-15H,8-10,12H2,1H3. The quantitative estimate of drug-likeness (QED) is 0.705. The summed E-state index contributed by atoms with van der Waals surface area (Å²) in [6, 6.07) is 15.4. The zero-order valence-corrected chi connectivity index (χ0v) is 13.1. The summed E-state index contributed by atoms with van der Waals surface area (Å²) in [5.74, 6) is 1.35. The van der Waals surface area contributed by atoms with Gasteiger partial charge in [0.25, 0.3) is 0 Å². The van der Waals surface area contributed by atoms with Crippen molar-refractivity contribution >= 4 is 17.3 Å². The number of halogens is 1. The molecule has 2 atom stereocenters. The van der Waals surface area contributed by atoms with Crippen LogP contribution in [0.5, 0.6) is 0 Å². The van der Waals surface area contributed by atoms with E-state index in [1.54, 1.807) is 5.56 Å². The zero-order chi connectivity index (χ0) is 14.4. The average Bonchev–Trinajstić information content (AvgIpc) is 2.67. The molecular weight excluding hydrogens is 278 g/mol. The van der Waals surface area contributed by atoms with E-state index in [1.807, 2.05) is 0 Å². The molecule has 0 spiro atoms. The highest BCUT2D eigenvalue weighted by Crippen LogP contribution is 2.47. The average molecular weight is 298 g/mol. The largest absolute Gasteiger partial charge is 0.371 e. The molecule has 1 nitrogen and oxygen atoms in total. The van der Waals surface area contributed by atoms with Gasteiger partial charge in [0.15, 0.2) is 0 Å². The van der Waals surface area contributed by atoms with E-state index in [0.717, 1.165) is 24.0 Å². The molecule has 0 radical (unpaired) electrons. The topological polar surface area (TPSA) is 3.24 Å². The number of hydrogen-bond acceptors (Lipinski definition) is 1. The normalized spacial score (nSPS) is 23.8. The van der Waals surface area contributed by atoms with Gasteiger partial charge in [-0.3, -0.25) is 0 Å². The van der Waals surface area contributed by atoms with Crippen molar-refractivity contribution in [1.82, 2.24) is 0 Å². The second-order valence-corrected chi connectivity index (χ2v) is 6.91. The molecule has 4 rings (SSSR count). The van der Waals surface area contributed by atoms with Gasteiger partial charge < -0.3 is 4.90 Å². The van der Waals surface area contributed by atoms with Crippen molar-refractivity contribution in [3.8, 4) is 0 Å². The Bertz CT molecular complexity index is 662. The van der Waals surface area contributed by atoms with E-state index in [0.29, 0.717) is 5.92 Å². The molecule has 2 aromatic rings. The van der Waals surface area contributed by atoms with Gasteiger partial charge in [-0.2, -0.15) is 0 Å². The molecule has 2 bridgehead atoms. The number of benzene rings is 2. The van der Waals surface area contributed by atoms with Crippen molar-refractivity contribution in [3.05, 3.63) is 64.2 Å². The molecule has 1 saturated heterocycles. The Balaban J connectivity index is 1.65. The van der Waals surface area contributed by atoms with Gasteiger partial charge in [0.05, 0.1) is 0 Å². The summed E-state index contributed by atoms with van der Waals surface area (Å²) in [5.41, 5.74) is 5.72. The lowest BCUT2D eigenvalue weighted by atomic mass is 9.97. The molecule has 0 saturated carbocycles. The van der Waals surface area contributed by atoms with Gasteiger partial charge in [-0.1, -0.05) is 35.4 Å². The number of aryl methyl sites for hydroxylation is 1. The van der Waals surface area contributed by atoms with Gasteiger partial charge in [0, 0.05) is 29.7 Å². The first-order chi connectivity index (χ1) is 10.2. The maximum Gasteiger partial charge on any atom is 0.0409 e. The molecule has 108 valence electrons. The zero-order valence-electron chi connectivity index (χ0n) is 12.3. The Kier molecular flexibility index (Phi) is 3.19. The van der Waals surface area contributed by atoms with E-state index in [-0.39, 0.29) is 0 Å². The van der Waals surface area contributed by atoms with Crippen LogP contribution in [0.2, 0.25) is 5.02 Å². The van der Waals surface area contributed by atoms with Crippen LogP contribution in [-0.4, -0.2) is 13.1 Å². The van der Waals surface area contributed by atoms with Gasteiger partial charge in [0.2, 0.25) is 0 Å². The van der Waals surface area contributed by atoms with Crippen molar-refractivity contribution in [2.24, 2.45) is 0 Å². The van der Waals surface area contributed by atoms with E-state index >= 15 is 0 Å². The van der Waals surface area contributed by atoms with Crippen LogP contribution in [-0.2, 0) is 0 Å². The molecule has 1 heterocycles. The molecule has 0 amide bonds. The lowest BCUT2D eigenvalue weighted by Gasteiger charge is -2.28. The summed E-state index contributed by atoms with van der Waals surface area (Å²) in [4.78, 5) is 2.55. The lowest BCUT2D eigenvalue weighted by Crippen LogP contribution is -2.28. The first kappa shape index (κ1) is 13.2. The van der Waals surface area contributed by atoms with Crippen LogP contribution < -0.4 is 4.90 Å². The first-order valence-electron chi connectivity index (χ1n) is 7.81. The minimum Gasteiger partial charge on any atom is -0.371 e. The monoisotopic (exact) mass is 297 g/mol. The molecule has 1 fully saturated rings. The van der Waals surface area contributed by atoms with Crippen LogP contribution in [0.15, 0.2) is 42.5 Å². The highest BCUT2D eigenvalue weighted by atomic mass is 35.5. The van der Waals surface area contributed by atoms with Crippen LogP contribution in [0.4, 0.5) is 5.69 Å². The predicted octanol–water partition coefficient (Wildman–Crippen LogP) is 5.13. The lowest BCUT2D eigenvalue weighted by molar-refractivity contribution is 0.623. The number of nitrogens with zero attached hydrogens (tertiary/aromatic N) is 1. The SMILES string of the molecule is Cc1ccc(N2CCC3CC(C2)c2cc(Cl)ccc23)cc1.